The maximum atomic E-state index is 15.0. The van der Waals surface area contributed by atoms with E-state index in [0.29, 0.717) is 27.9 Å². The van der Waals surface area contributed by atoms with Gasteiger partial charge in [0.05, 0.1) is 50.6 Å². The molecule has 0 aliphatic rings. The normalized spacial score (nSPS) is 12.3. The second-order valence-electron chi connectivity index (χ2n) is 20.0. The zero-order valence-corrected chi connectivity index (χ0v) is 39.6. The Hall–Kier alpha value is -8.35. The zero-order valence-electron chi connectivity index (χ0n) is 39.6. The zero-order chi connectivity index (χ0) is 48.7. The molecule has 6 nitrogen and oxygen atoms in total. The lowest BCUT2D eigenvalue weighted by atomic mass is 9.86. The van der Waals surface area contributed by atoms with Crippen molar-refractivity contribution < 1.29 is 13.2 Å². The molecule has 0 saturated heterocycles. The maximum absolute atomic E-state index is 15.0. The molecule has 0 bridgehead atoms. The van der Waals surface area contributed by atoms with Gasteiger partial charge >= 0.3 is 6.18 Å². The standard InChI is InChI=1S/C61H47F3N6/c1-59(2,3)40-25-29-52-46(33-40)44-20-12-14-22-50(44)69(52)54-28-24-38(43-19-11-10-18-39(43)36-65)32-48(54)57-66-56(37-16-8-7-9-17-37)67-58(68-57)49-35-42(61(62,63)64)27-31-55(49)70-51-23-15-13-21-45(51)47-34-41(60(4,5)6)26-30-53(47)70/h7-35H,1-6H3. The molecule has 0 radical (unpaired) electrons. The van der Waals surface area contributed by atoms with Crippen LogP contribution in [0, 0.1) is 11.3 Å². The third-order valence-corrected chi connectivity index (χ3v) is 13.4. The second kappa shape index (κ2) is 16.4. The minimum atomic E-state index is -4.67. The van der Waals surface area contributed by atoms with E-state index in [2.05, 4.69) is 107 Å². The minimum Gasteiger partial charge on any atom is -0.309 e. The lowest BCUT2D eigenvalue weighted by molar-refractivity contribution is -0.137. The number of aromatic nitrogens is 5. The topological polar surface area (TPSA) is 72.3 Å². The van der Waals surface area contributed by atoms with Crippen LogP contribution in [0.3, 0.4) is 0 Å². The number of nitriles is 1. The Bertz CT molecular complexity index is 3910. The highest BCUT2D eigenvalue weighted by Crippen LogP contribution is 2.43. The summed E-state index contributed by atoms with van der Waals surface area (Å²) in [6, 6.07) is 58.2. The molecule has 0 atom stereocenters. The van der Waals surface area contributed by atoms with Gasteiger partial charge in [0.1, 0.15) is 0 Å². The van der Waals surface area contributed by atoms with Gasteiger partial charge in [-0.15, -0.1) is 0 Å². The summed E-state index contributed by atoms with van der Waals surface area (Å²) in [5, 5.41) is 14.4. The van der Waals surface area contributed by atoms with Gasteiger partial charge in [-0.05, 0) is 106 Å². The third kappa shape index (κ3) is 7.57. The van der Waals surface area contributed by atoms with Crippen LogP contribution in [0.2, 0.25) is 0 Å². The average Bonchev–Trinajstić information content (AvgIpc) is 3.87. The number of para-hydroxylation sites is 2. The van der Waals surface area contributed by atoms with Crippen LogP contribution in [0.15, 0.2) is 176 Å². The van der Waals surface area contributed by atoms with Gasteiger partial charge in [-0.25, -0.2) is 15.0 Å². The summed E-state index contributed by atoms with van der Waals surface area (Å²) in [5.74, 6) is 0.590. The summed E-state index contributed by atoms with van der Waals surface area (Å²) in [4.78, 5) is 15.6. The quantitative estimate of drug-likeness (QED) is 0.167. The number of benzene rings is 8. The van der Waals surface area contributed by atoms with Crippen LogP contribution >= 0.6 is 0 Å². The molecule has 0 N–H and O–H groups in total. The molecule has 3 heterocycles. The monoisotopic (exact) mass is 920 g/mol. The van der Waals surface area contributed by atoms with E-state index < -0.39 is 11.7 Å². The molecule has 0 fully saturated rings. The second-order valence-corrected chi connectivity index (χ2v) is 20.0. The molecule has 0 aliphatic heterocycles. The molecule has 9 heteroatoms. The van der Waals surface area contributed by atoms with Crippen molar-refractivity contribution in [3.8, 4) is 62.7 Å². The van der Waals surface area contributed by atoms with E-state index in [9.17, 15) is 5.26 Å². The van der Waals surface area contributed by atoms with Crippen molar-refractivity contribution in [1.82, 2.24) is 24.1 Å². The van der Waals surface area contributed by atoms with Crippen molar-refractivity contribution >= 4 is 43.6 Å². The van der Waals surface area contributed by atoms with Gasteiger partial charge < -0.3 is 9.13 Å². The fourth-order valence-electron chi connectivity index (χ4n) is 9.73. The van der Waals surface area contributed by atoms with Crippen LogP contribution in [-0.4, -0.2) is 24.1 Å². The average molecular weight is 921 g/mol. The number of fused-ring (bicyclic) bond motifs is 6. The van der Waals surface area contributed by atoms with Crippen molar-refractivity contribution in [2.24, 2.45) is 0 Å². The molecule has 0 spiro atoms. The molecule has 70 heavy (non-hydrogen) atoms. The number of halogens is 3. The third-order valence-electron chi connectivity index (χ3n) is 13.4. The summed E-state index contributed by atoms with van der Waals surface area (Å²) in [6.45, 7) is 13.1. The van der Waals surface area contributed by atoms with Gasteiger partial charge in [0.15, 0.2) is 17.5 Å². The van der Waals surface area contributed by atoms with E-state index in [-0.39, 0.29) is 33.9 Å². The first-order chi connectivity index (χ1) is 33.6. The Morgan fingerprint density at radius 2 is 0.857 bits per heavy atom. The molecule has 0 amide bonds. The Kier molecular flexibility index (Phi) is 10.4. The lowest BCUT2D eigenvalue weighted by Gasteiger charge is -2.20. The molecular formula is C61H47F3N6. The van der Waals surface area contributed by atoms with Gasteiger partial charge in [-0.2, -0.15) is 18.4 Å². The van der Waals surface area contributed by atoms with E-state index >= 15 is 13.2 Å². The molecule has 0 aliphatic carbocycles. The van der Waals surface area contributed by atoms with Gasteiger partial charge in [0.2, 0.25) is 0 Å². The van der Waals surface area contributed by atoms with Crippen molar-refractivity contribution in [1.29, 1.82) is 5.26 Å². The molecular weight excluding hydrogens is 874 g/mol. The van der Waals surface area contributed by atoms with E-state index in [0.717, 1.165) is 72.6 Å². The van der Waals surface area contributed by atoms with Crippen LogP contribution in [0.5, 0.6) is 0 Å². The van der Waals surface area contributed by atoms with Crippen LogP contribution < -0.4 is 0 Å². The smallest absolute Gasteiger partial charge is 0.309 e. The molecule has 11 rings (SSSR count). The number of hydrogen-bond donors (Lipinski definition) is 0. The molecule has 342 valence electrons. The summed E-state index contributed by atoms with van der Waals surface area (Å²) in [5.41, 5.74) is 9.41. The highest BCUT2D eigenvalue weighted by Gasteiger charge is 2.33. The molecule has 11 aromatic rings. The van der Waals surface area contributed by atoms with Crippen molar-refractivity contribution in [3.05, 3.63) is 198 Å². The van der Waals surface area contributed by atoms with Gasteiger partial charge in [-0.1, -0.05) is 145 Å². The molecule has 8 aromatic carbocycles. The number of alkyl halides is 3. The van der Waals surface area contributed by atoms with Crippen molar-refractivity contribution in [3.63, 3.8) is 0 Å². The summed E-state index contributed by atoms with van der Waals surface area (Å²) < 4.78 is 49.4. The van der Waals surface area contributed by atoms with Gasteiger partial charge in [0.25, 0.3) is 0 Å². The molecule has 0 saturated carbocycles. The predicted molar refractivity (Wildman–Crippen MR) is 277 cm³/mol. The van der Waals surface area contributed by atoms with Crippen molar-refractivity contribution in [2.45, 2.75) is 58.5 Å². The number of nitrogens with zero attached hydrogens (tertiary/aromatic N) is 6. The Balaban J connectivity index is 1.25. The fraction of sp³-hybridized carbons (Fsp3) is 0.148. The number of hydrogen-bond acceptors (Lipinski definition) is 4. The fourth-order valence-corrected chi connectivity index (χ4v) is 9.73. The first-order valence-corrected chi connectivity index (χ1v) is 23.3. The first kappa shape index (κ1) is 44.2. The van der Waals surface area contributed by atoms with Gasteiger partial charge in [-0.3, -0.25) is 0 Å². The van der Waals surface area contributed by atoms with Crippen LogP contribution in [0.25, 0.3) is 100 Å². The van der Waals surface area contributed by atoms with Crippen LogP contribution in [0.4, 0.5) is 13.2 Å². The van der Waals surface area contributed by atoms with Crippen LogP contribution in [-0.2, 0) is 17.0 Å². The molecule has 0 unspecified atom stereocenters. The summed E-state index contributed by atoms with van der Waals surface area (Å²) >= 11 is 0. The van der Waals surface area contributed by atoms with E-state index in [1.54, 1.807) is 6.07 Å². The highest BCUT2D eigenvalue weighted by molar-refractivity contribution is 6.11. The van der Waals surface area contributed by atoms with Crippen LogP contribution in [0.1, 0.15) is 63.8 Å². The Labute approximate surface area is 404 Å². The number of rotatable bonds is 6. The van der Waals surface area contributed by atoms with E-state index in [1.165, 1.54) is 11.6 Å². The first-order valence-electron chi connectivity index (χ1n) is 23.3. The minimum absolute atomic E-state index is 0.0630. The highest BCUT2D eigenvalue weighted by atomic mass is 19.4. The van der Waals surface area contributed by atoms with Crippen molar-refractivity contribution in [2.75, 3.05) is 0 Å². The largest absolute Gasteiger partial charge is 0.416 e. The lowest BCUT2D eigenvalue weighted by Crippen LogP contribution is -2.11. The SMILES string of the molecule is CC(C)(C)c1ccc2c(c1)c1ccccc1n2-c1ccc(-c2ccccc2C#N)cc1-c1nc(-c2ccccc2)nc(-c2cc(C(F)(F)F)ccc2-n2c3ccccc3c3cc(C(C)(C)C)ccc32)n1. The Morgan fingerprint density at radius 3 is 1.40 bits per heavy atom. The maximum Gasteiger partial charge on any atom is 0.416 e. The Morgan fingerprint density at radius 1 is 0.400 bits per heavy atom. The van der Waals surface area contributed by atoms with Gasteiger partial charge in [0, 0.05) is 38.2 Å². The summed E-state index contributed by atoms with van der Waals surface area (Å²) in [7, 11) is 0. The predicted octanol–water partition coefficient (Wildman–Crippen LogP) is 16.2. The molecule has 3 aromatic heterocycles. The summed E-state index contributed by atoms with van der Waals surface area (Å²) in [6.07, 6.45) is -4.67. The van der Waals surface area contributed by atoms with E-state index in [4.69, 9.17) is 15.0 Å². The van der Waals surface area contributed by atoms with E-state index in [1.807, 2.05) is 102 Å².